The maximum atomic E-state index is 9.21. The third-order valence-electron chi connectivity index (χ3n) is 2.99. The first kappa shape index (κ1) is 12.3. The van der Waals surface area contributed by atoms with Crippen LogP contribution in [0.25, 0.3) is 0 Å². The standard InChI is InChI=1S/C14H22O/c1-10(9-15)12-7-6-8-13(11(12)2)14(3,4)5/h6-8,10,15H,9H2,1-5H3. The highest BCUT2D eigenvalue weighted by atomic mass is 16.3. The molecule has 0 saturated carbocycles. The Morgan fingerprint density at radius 3 is 2.33 bits per heavy atom. The summed E-state index contributed by atoms with van der Waals surface area (Å²) in [6.45, 7) is 11.1. The molecule has 15 heavy (non-hydrogen) atoms. The Labute approximate surface area is 93.1 Å². The molecule has 0 heterocycles. The summed E-state index contributed by atoms with van der Waals surface area (Å²) in [5, 5.41) is 9.21. The van der Waals surface area contributed by atoms with Crippen molar-refractivity contribution in [1.82, 2.24) is 0 Å². The monoisotopic (exact) mass is 206 g/mol. The highest BCUT2D eigenvalue weighted by molar-refractivity contribution is 5.39. The number of hydrogen-bond acceptors (Lipinski definition) is 1. The van der Waals surface area contributed by atoms with Gasteiger partial charge in [0.25, 0.3) is 0 Å². The van der Waals surface area contributed by atoms with Crippen LogP contribution in [-0.2, 0) is 5.41 Å². The molecule has 0 spiro atoms. The molecule has 0 aliphatic rings. The van der Waals surface area contributed by atoms with Gasteiger partial charge in [0, 0.05) is 12.5 Å². The van der Waals surface area contributed by atoms with Gasteiger partial charge in [0.05, 0.1) is 0 Å². The summed E-state index contributed by atoms with van der Waals surface area (Å²) in [7, 11) is 0. The molecule has 1 aromatic rings. The highest BCUT2D eigenvalue weighted by Gasteiger charge is 2.18. The Bertz CT molecular complexity index is 334. The van der Waals surface area contributed by atoms with Gasteiger partial charge in [0.2, 0.25) is 0 Å². The van der Waals surface area contributed by atoms with Gasteiger partial charge in [0.1, 0.15) is 0 Å². The molecule has 0 aliphatic heterocycles. The van der Waals surface area contributed by atoms with Gasteiger partial charge in [-0.1, -0.05) is 45.9 Å². The molecule has 0 aromatic heterocycles. The maximum Gasteiger partial charge on any atom is 0.0497 e. The first-order valence-corrected chi connectivity index (χ1v) is 5.58. The van der Waals surface area contributed by atoms with E-state index in [0.717, 1.165) is 0 Å². The molecule has 0 bridgehead atoms. The zero-order chi connectivity index (χ0) is 11.6. The second-order valence-electron chi connectivity index (χ2n) is 5.35. The molecule has 84 valence electrons. The summed E-state index contributed by atoms with van der Waals surface area (Å²) in [6.07, 6.45) is 0. The van der Waals surface area contributed by atoms with Crippen LogP contribution in [0.3, 0.4) is 0 Å². The maximum absolute atomic E-state index is 9.21. The van der Waals surface area contributed by atoms with Crippen molar-refractivity contribution in [2.24, 2.45) is 0 Å². The molecular formula is C14H22O. The highest BCUT2D eigenvalue weighted by Crippen LogP contribution is 2.30. The molecule has 0 saturated heterocycles. The Hall–Kier alpha value is -0.820. The van der Waals surface area contributed by atoms with Crippen molar-refractivity contribution in [3.8, 4) is 0 Å². The average Bonchev–Trinajstić information content (AvgIpc) is 2.15. The van der Waals surface area contributed by atoms with Crippen LogP contribution in [0.1, 0.15) is 50.3 Å². The van der Waals surface area contributed by atoms with Crippen molar-refractivity contribution in [1.29, 1.82) is 0 Å². The van der Waals surface area contributed by atoms with Crippen molar-refractivity contribution >= 4 is 0 Å². The van der Waals surface area contributed by atoms with Crippen LogP contribution in [0.2, 0.25) is 0 Å². The Balaban J connectivity index is 3.23. The first-order chi connectivity index (χ1) is 6.88. The molecule has 0 fully saturated rings. The summed E-state index contributed by atoms with van der Waals surface area (Å²) >= 11 is 0. The third-order valence-corrected chi connectivity index (χ3v) is 2.99. The van der Waals surface area contributed by atoms with Crippen LogP contribution in [0.4, 0.5) is 0 Å². The zero-order valence-corrected chi connectivity index (χ0v) is 10.5. The summed E-state index contributed by atoms with van der Waals surface area (Å²) in [5.41, 5.74) is 4.15. The molecule has 1 N–H and O–H groups in total. The van der Waals surface area contributed by atoms with Gasteiger partial charge in [-0.3, -0.25) is 0 Å². The number of hydrogen-bond donors (Lipinski definition) is 1. The number of aliphatic hydroxyl groups excluding tert-OH is 1. The summed E-state index contributed by atoms with van der Waals surface area (Å²) < 4.78 is 0. The second kappa shape index (κ2) is 4.36. The van der Waals surface area contributed by atoms with Crippen LogP contribution in [0, 0.1) is 6.92 Å². The van der Waals surface area contributed by atoms with Gasteiger partial charge >= 0.3 is 0 Å². The van der Waals surface area contributed by atoms with E-state index in [4.69, 9.17) is 0 Å². The summed E-state index contributed by atoms with van der Waals surface area (Å²) in [4.78, 5) is 0. The van der Waals surface area contributed by atoms with Crippen LogP contribution in [0.5, 0.6) is 0 Å². The van der Waals surface area contributed by atoms with E-state index < -0.39 is 0 Å². The molecule has 1 atom stereocenters. The van der Waals surface area contributed by atoms with Crippen molar-refractivity contribution in [2.45, 2.75) is 46.0 Å². The fraction of sp³-hybridized carbons (Fsp3) is 0.571. The average molecular weight is 206 g/mol. The smallest absolute Gasteiger partial charge is 0.0497 e. The number of rotatable bonds is 2. The lowest BCUT2D eigenvalue weighted by atomic mass is 9.81. The van der Waals surface area contributed by atoms with E-state index in [2.05, 4.69) is 52.8 Å². The molecule has 1 rings (SSSR count). The summed E-state index contributed by atoms with van der Waals surface area (Å²) in [6, 6.07) is 6.39. The minimum absolute atomic E-state index is 0.176. The van der Waals surface area contributed by atoms with E-state index >= 15 is 0 Å². The fourth-order valence-electron chi connectivity index (χ4n) is 2.10. The Morgan fingerprint density at radius 1 is 1.27 bits per heavy atom. The van der Waals surface area contributed by atoms with Crippen LogP contribution in [0.15, 0.2) is 18.2 Å². The number of benzene rings is 1. The van der Waals surface area contributed by atoms with E-state index in [0.29, 0.717) is 0 Å². The van der Waals surface area contributed by atoms with Gasteiger partial charge in [-0.25, -0.2) is 0 Å². The van der Waals surface area contributed by atoms with Gasteiger partial charge in [-0.15, -0.1) is 0 Å². The minimum atomic E-state index is 0.176. The zero-order valence-electron chi connectivity index (χ0n) is 10.5. The second-order valence-corrected chi connectivity index (χ2v) is 5.35. The Morgan fingerprint density at radius 2 is 1.87 bits per heavy atom. The lowest BCUT2D eigenvalue weighted by molar-refractivity contribution is 0.272. The molecule has 0 radical (unpaired) electrons. The van der Waals surface area contributed by atoms with Crippen molar-refractivity contribution in [2.75, 3.05) is 6.61 Å². The van der Waals surface area contributed by atoms with Crippen LogP contribution >= 0.6 is 0 Å². The summed E-state index contributed by atoms with van der Waals surface area (Å²) in [5.74, 6) is 0.229. The Kier molecular flexibility index (Phi) is 3.56. The lowest BCUT2D eigenvalue weighted by Gasteiger charge is -2.24. The fourth-order valence-corrected chi connectivity index (χ4v) is 2.10. The van der Waals surface area contributed by atoms with Crippen molar-refractivity contribution < 1.29 is 5.11 Å². The van der Waals surface area contributed by atoms with Crippen LogP contribution < -0.4 is 0 Å². The first-order valence-electron chi connectivity index (χ1n) is 5.58. The lowest BCUT2D eigenvalue weighted by Crippen LogP contribution is -2.15. The van der Waals surface area contributed by atoms with E-state index in [1.54, 1.807) is 0 Å². The molecule has 1 nitrogen and oxygen atoms in total. The molecule has 0 aliphatic carbocycles. The van der Waals surface area contributed by atoms with E-state index in [1.807, 2.05) is 0 Å². The molecule has 1 unspecified atom stereocenters. The van der Waals surface area contributed by atoms with E-state index in [1.165, 1.54) is 16.7 Å². The van der Waals surface area contributed by atoms with Gasteiger partial charge in [-0.2, -0.15) is 0 Å². The normalized spacial score (nSPS) is 14.0. The van der Waals surface area contributed by atoms with Crippen molar-refractivity contribution in [3.05, 3.63) is 34.9 Å². The van der Waals surface area contributed by atoms with E-state index in [9.17, 15) is 5.11 Å². The minimum Gasteiger partial charge on any atom is -0.396 e. The van der Waals surface area contributed by atoms with Gasteiger partial charge < -0.3 is 5.11 Å². The molecule has 0 amide bonds. The molecular weight excluding hydrogens is 184 g/mol. The predicted octanol–water partition coefficient (Wildman–Crippen LogP) is 3.39. The van der Waals surface area contributed by atoms with Crippen LogP contribution in [-0.4, -0.2) is 11.7 Å². The van der Waals surface area contributed by atoms with Crippen molar-refractivity contribution in [3.63, 3.8) is 0 Å². The largest absolute Gasteiger partial charge is 0.396 e. The quantitative estimate of drug-likeness (QED) is 0.786. The van der Waals surface area contributed by atoms with Gasteiger partial charge in [-0.05, 0) is 29.0 Å². The van der Waals surface area contributed by atoms with E-state index in [-0.39, 0.29) is 17.9 Å². The van der Waals surface area contributed by atoms with Gasteiger partial charge in [0.15, 0.2) is 0 Å². The predicted molar refractivity (Wildman–Crippen MR) is 65.4 cm³/mol. The number of aliphatic hydroxyl groups is 1. The molecule has 1 heteroatoms. The topological polar surface area (TPSA) is 20.2 Å². The third kappa shape index (κ3) is 2.60. The molecule has 1 aromatic carbocycles. The SMILES string of the molecule is Cc1c(C(C)CO)cccc1C(C)(C)C.